The number of fused-ring (bicyclic) bond motifs is 1. The second-order valence-electron chi connectivity index (χ2n) is 7.70. The normalized spacial score (nSPS) is 19.6. The predicted octanol–water partition coefficient (Wildman–Crippen LogP) is 3.89. The number of anilines is 1. The number of nitrogens with zero attached hydrogens (tertiary/aromatic N) is 3. The molecule has 152 valence electrons. The maximum absolute atomic E-state index is 12.4. The van der Waals surface area contributed by atoms with Crippen LogP contribution in [0.5, 0.6) is 0 Å². The summed E-state index contributed by atoms with van der Waals surface area (Å²) in [7, 11) is 0. The molecule has 1 fully saturated rings. The van der Waals surface area contributed by atoms with Gasteiger partial charge in [-0.25, -0.2) is 4.98 Å². The van der Waals surface area contributed by atoms with E-state index in [1.165, 1.54) is 5.57 Å². The molecule has 0 saturated heterocycles. The van der Waals surface area contributed by atoms with Crippen LogP contribution in [0.1, 0.15) is 31.7 Å². The van der Waals surface area contributed by atoms with E-state index in [0.717, 1.165) is 47.6 Å². The number of carbonyl (C=O) groups excluding carboxylic acids is 2. The van der Waals surface area contributed by atoms with Crippen molar-refractivity contribution in [2.75, 3.05) is 23.3 Å². The van der Waals surface area contributed by atoms with Crippen molar-refractivity contribution in [3.05, 3.63) is 42.1 Å². The Kier molecular flexibility index (Phi) is 5.85. The molecule has 1 unspecified atom stereocenters. The first-order chi connectivity index (χ1) is 14.1. The Labute approximate surface area is 178 Å². The van der Waals surface area contributed by atoms with Gasteiger partial charge in [0, 0.05) is 36.0 Å². The average molecular weight is 457 g/mol. The topological polar surface area (TPSA) is 69.3 Å². The van der Waals surface area contributed by atoms with Gasteiger partial charge in [0.05, 0.1) is 0 Å². The van der Waals surface area contributed by atoms with Crippen molar-refractivity contribution in [2.24, 2.45) is 5.92 Å². The minimum atomic E-state index is 0.0520. The molecule has 0 radical (unpaired) electrons. The second kappa shape index (κ2) is 8.53. The summed E-state index contributed by atoms with van der Waals surface area (Å²) in [4.78, 5) is 35.5. The van der Waals surface area contributed by atoms with Gasteiger partial charge in [0.25, 0.3) is 0 Å². The summed E-state index contributed by atoms with van der Waals surface area (Å²) in [5.74, 6) is 0.934. The van der Waals surface area contributed by atoms with Crippen molar-refractivity contribution in [2.45, 2.75) is 32.2 Å². The van der Waals surface area contributed by atoms with Crippen molar-refractivity contribution in [3.63, 3.8) is 0 Å². The molecule has 1 atom stereocenters. The molecule has 2 aromatic heterocycles. The van der Waals surface area contributed by atoms with E-state index in [1.807, 2.05) is 29.3 Å². The van der Waals surface area contributed by atoms with Gasteiger partial charge in [0.1, 0.15) is 11.5 Å². The third-order valence-corrected chi connectivity index (χ3v) is 6.01. The number of halogens is 1. The number of hydrogen-bond donors (Lipinski definition) is 1. The van der Waals surface area contributed by atoms with Crippen LogP contribution in [0.3, 0.4) is 0 Å². The third kappa shape index (κ3) is 4.15. The van der Waals surface area contributed by atoms with Gasteiger partial charge in [0.15, 0.2) is 0 Å². The number of pyridine rings is 1. The zero-order chi connectivity index (χ0) is 20.4. The lowest BCUT2D eigenvalue weighted by atomic mass is 9.89. The maximum Gasteiger partial charge on any atom is 0.246 e. The molecule has 1 N–H and O–H groups in total. The molecule has 1 saturated carbocycles. The summed E-state index contributed by atoms with van der Waals surface area (Å²) in [5.41, 5.74) is 3.08. The molecule has 6 nitrogen and oxygen atoms in total. The lowest BCUT2D eigenvalue weighted by Gasteiger charge is -2.31. The standard InChI is InChI=1S/C22H25BrN4O2/c1-15-13-26(21(29)4-2-3-9-23)11-8-17(15)19-12-20(27(14-28)16-5-6-16)25-22-18(19)7-10-24-22/h2,4,7-8,10,12,14-16H,3,5-6,9,11,13H2,1H3,(H,24,25)/b4-2+. The fraction of sp³-hybridized carbons (Fsp3) is 0.409. The molecule has 3 heterocycles. The van der Waals surface area contributed by atoms with E-state index in [9.17, 15) is 9.59 Å². The molecule has 4 rings (SSSR count). The highest BCUT2D eigenvalue weighted by atomic mass is 79.9. The lowest BCUT2D eigenvalue weighted by Crippen LogP contribution is -2.37. The van der Waals surface area contributed by atoms with Crippen molar-refractivity contribution in [1.82, 2.24) is 14.9 Å². The highest BCUT2D eigenvalue weighted by Crippen LogP contribution is 2.36. The van der Waals surface area contributed by atoms with Crippen LogP contribution in [0, 0.1) is 5.92 Å². The van der Waals surface area contributed by atoms with E-state index in [1.54, 1.807) is 11.0 Å². The number of carbonyl (C=O) groups is 2. The van der Waals surface area contributed by atoms with E-state index in [-0.39, 0.29) is 17.9 Å². The molecule has 29 heavy (non-hydrogen) atoms. The molecule has 0 aromatic carbocycles. The summed E-state index contributed by atoms with van der Waals surface area (Å²) < 4.78 is 0. The minimum absolute atomic E-state index is 0.0520. The Morgan fingerprint density at radius 2 is 2.28 bits per heavy atom. The highest BCUT2D eigenvalue weighted by Gasteiger charge is 2.31. The molecular weight excluding hydrogens is 432 g/mol. The highest BCUT2D eigenvalue weighted by molar-refractivity contribution is 9.09. The molecule has 0 spiro atoms. The number of H-pyrrole nitrogens is 1. The molecular formula is C22H25BrN4O2. The number of rotatable bonds is 7. The number of amides is 2. The number of hydrogen-bond acceptors (Lipinski definition) is 3. The molecule has 2 aromatic rings. The fourth-order valence-corrected chi connectivity index (χ4v) is 4.16. The van der Waals surface area contributed by atoms with Gasteiger partial charge in [0.2, 0.25) is 12.3 Å². The Hall–Kier alpha value is -2.41. The van der Waals surface area contributed by atoms with Crippen LogP contribution in [-0.2, 0) is 9.59 Å². The lowest BCUT2D eigenvalue weighted by molar-refractivity contribution is -0.126. The predicted molar refractivity (Wildman–Crippen MR) is 119 cm³/mol. The minimum Gasteiger partial charge on any atom is -0.346 e. The third-order valence-electron chi connectivity index (χ3n) is 5.55. The van der Waals surface area contributed by atoms with Gasteiger partial charge in [-0.3, -0.25) is 14.5 Å². The summed E-state index contributed by atoms with van der Waals surface area (Å²) >= 11 is 3.37. The summed E-state index contributed by atoms with van der Waals surface area (Å²) in [6.45, 7) is 3.40. The van der Waals surface area contributed by atoms with Crippen molar-refractivity contribution in [1.29, 1.82) is 0 Å². The van der Waals surface area contributed by atoms with E-state index in [0.29, 0.717) is 18.9 Å². The van der Waals surface area contributed by atoms with E-state index < -0.39 is 0 Å². The number of alkyl halides is 1. The SMILES string of the molecule is CC1CN(C(=O)/C=C/CCBr)CC=C1c1cc(N(C=O)C2CC2)nc2[nH]ccc12. The fourth-order valence-electron chi connectivity index (χ4n) is 3.90. The second-order valence-corrected chi connectivity index (χ2v) is 8.49. The Morgan fingerprint density at radius 3 is 2.97 bits per heavy atom. The van der Waals surface area contributed by atoms with Crippen LogP contribution < -0.4 is 4.90 Å². The van der Waals surface area contributed by atoms with E-state index in [4.69, 9.17) is 0 Å². The quantitative estimate of drug-likeness (QED) is 0.390. The van der Waals surface area contributed by atoms with E-state index in [2.05, 4.69) is 38.9 Å². The summed E-state index contributed by atoms with van der Waals surface area (Å²) in [6.07, 6.45) is 11.4. The largest absolute Gasteiger partial charge is 0.346 e. The van der Waals surface area contributed by atoms with Crippen LogP contribution in [0.25, 0.3) is 16.6 Å². The van der Waals surface area contributed by atoms with Gasteiger partial charge in [-0.1, -0.05) is 35.0 Å². The van der Waals surface area contributed by atoms with Crippen molar-refractivity contribution < 1.29 is 9.59 Å². The van der Waals surface area contributed by atoms with Crippen LogP contribution in [0.15, 0.2) is 36.6 Å². The molecule has 1 aliphatic carbocycles. The van der Waals surface area contributed by atoms with Gasteiger partial charge < -0.3 is 9.88 Å². The summed E-state index contributed by atoms with van der Waals surface area (Å²) in [6, 6.07) is 4.31. The van der Waals surface area contributed by atoms with Gasteiger partial charge in [-0.2, -0.15) is 0 Å². The maximum atomic E-state index is 12.4. The average Bonchev–Trinajstić information content (AvgIpc) is 3.44. The van der Waals surface area contributed by atoms with Gasteiger partial charge in [-0.15, -0.1) is 0 Å². The van der Waals surface area contributed by atoms with Crippen molar-refractivity contribution >= 4 is 50.7 Å². The van der Waals surface area contributed by atoms with Gasteiger partial charge in [-0.05, 0) is 54.5 Å². The molecule has 0 bridgehead atoms. The Balaban J connectivity index is 1.64. The molecule has 2 aliphatic rings. The van der Waals surface area contributed by atoms with Crippen LogP contribution in [-0.4, -0.2) is 51.6 Å². The first kappa shape index (κ1) is 19.9. The first-order valence-corrected chi connectivity index (χ1v) is 11.2. The Bertz CT molecular complexity index is 976. The van der Waals surface area contributed by atoms with Crippen LogP contribution in [0.2, 0.25) is 0 Å². The summed E-state index contributed by atoms with van der Waals surface area (Å²) in [5, 5.41) is 1.90. The smallest absolute Gasteiger partial charge is 0.246 e. The number of aromatic amines is 1. The van der Waals surface area contributed by atoms with E-state index >= 15 is 0 Å². The molecule has 1 aliphatic heterocycles. The first-order valence-electron chi connectivity index (χ1n) is 10.1. The molecule has 7 heteroatoms. The van der Waals surface area contributed by atoms with Crippen LogP contribution >= 0.6 is 15.9 Å². The van der Waals surface area contributed by atoms with Crippen molar-refractivity contribution in [3.8, 4) is 0 Å². The number of aromatic nitrogens is 2. The molecule has 2 amide bonds. The Morgan fingerprint density at radius 1 is 1.45 bits per heavy atom. The number of nitrogens with one attached hydrogen (secondary N) is 1. The van der Waals surface area contributed by atoms with Crippen LogP contribution in [0.4, 0.5) is 5.82 Å². The monoisotopic (exact) mass is 456 g/mol. The van der Waals surface area contributed by atoms with Gasteiger partial charge >= 0.3 is 0 Å². The zero-order valence-electron chi connectivity index (χ0n) is 16.5. The number of allylic oxidation sites excluding steroid dienone is 1. The zero-order valence-corrected chi connectivity index (χ0v) is 18.1.